The summed E-state index contributed by atoms with van der Waals surface area (Å²) in [5, 5.41) is 12.0. The van der Waals surface area contributed by atoms with Crippen molar-refractivity contribution in [1.29, 1.82) is 0 Å². The van der Waals surface area contributed by atoms with E-state index >= 15 is 0 Å². The van der Waals surface area contributed by atoms with Crippen LogP contribution in [0.25, 0.3) is 0 Å². The van der Waals surface area contributed by atoms with Gasteiger partial charge in [0.1, 0.15) is 0 Å². The summed E-state index contributed by atoms with van der Waals surface area (Å²) in [6.07, 6.45) is 7.21. The second-order valence-corrected chi connectivity index (χ2v) is 18.1. The number of hydrogen-bond acceptors (Lipinski definition) is 5. The zero-order valence-electron chi connectivity index (χ0n) is 21.7. The molecule has 7 atom stereocenters. The minimum atomic E-state index is -1.80. The number of rotatable bonds is 4. The standard InChI is InChI=1S/C26H49NO4Si/c1-23(2,3)32(6,7)31-19-8-11-24(4,18(16-19)17-27)20-9-12-25(5)21(22(20)28)10-13-26(25)29-14-15-30-26/h18-22,28H,8-17,27H2,1-7H3/t18-,19?,20+,21+,22-,24+,25+/m1/s1. The van der Waals surface area contributed by atoms with Gasteiger partial charge in [0.25, 0.3) is 0 Å². The van der Waals surface area contributed by atoms with Gasteiger partial charge in [-0.15, -0.1) is 0 Å². The van der Waals surface area contributed by atoms with Crippen molar-refractivity contribution < 1.29 is 19.0 Å². The Labute approximate surface area is 197 Å². The number of hydrogen-bond donors (Lipinski definition) is 2. The van der Waals surface area contributed by atoms with Gasteiger partial charge in [0.15, 0.2) is 14.1 Å². The molecule has 4 rings (SSSR count). The normalized spacial score (nSPS) is 44.7. The fraction of sp³-hybridized carbons (Fsp3) is 1.00. The van der Waals surface area contributed by atoms with E-state index in [1.807, 2.05) is 0 Å². The van der Waals surface area contributed by atoms with Crippen LogP contribution in [-0.2, 0) is 13.9 Å². The minimum Gasteiger partial charge on any atom is -0.414 e. The third-order valence-electron chi connectivity index (χ3n) is 10.9. The van der Waals surface area contributed by atoms with Crippen molar-refractivity contribution in [3.8, 4) is 0 Å². The van der Waals surface area contributed by atoms with Crippen LogP contribution < -0.4 is 5.73 Å². The molecule has 3 N–H and O–H groups in total. The van der Waals surface area contributed by atoms with Crippen LogP contribution >= 0.6 is 0 Å². The van der Waals surface area contributed by atoms with Crippen LogP contribution in [-0.4, -0.2) is 51.2 Å². The Balaban J connectivity index is 1.49. The fourth-order valence-electron chi connectivity index (χ4n) is 7.65. The Morgan fingerprint density at radius 3 is 2.22 bits per heavy atom. The van der Waals surface area contributed by atoms with Gasteiger partial charge in [-0.1, -0.05) is 34.6 Å². The van der Waals surface area contributed by atoms with Crippen LogP contribution in [0.15, 0.2) is 0 Å². The summed E-state index contributed by atoms with van der Waals surface area (Å²) in [7, 11) is -1.80. The predicted molar refractivity (Wildman–Crippen MR) is 131 cm³/mol. The van der Waals surface area contributed by atoms with E-state index in [0.29, 0.717) is 37.7 Å². The molecule has 4 fully saturated rings. The Morgan fingerprint density at radius 1 is 1.00 bits per heavy atom. The topological polar surface area (TPSA) is 73.9 Å². The van der Waals surface area contributed by atoms with Crippen molar-refractivity contribution in [3.63, 3.8) is 0 Å². The molecule has 0 aromatic carbocycles. The summed E-state index contributed by atoms with van der Waals surface area (Å²) >= 11 is 0. The van der Waals surface area contributed by atoms with Crippen LogP contribution in [0, 0.1) is 28.6 Å². The summed E-state index contributed by atoms with van der Waals surface area (Å²) in [6, 6.07) is 0. The van der Waals surface area contributed by atoms with E-state index < -0.39 is 14.1 Å². The molecular formula is C26H49NO4Si. The second kappa shape index (κ2) is 8.30. The van der Waals surface area contributed by atoms with Crippen molar-refractivity contribution in [2.45, 2.75) is 116 Å². The zero-order valence-corrected chi connectivity index (χ0v) is 22.7. The van der Waals surface area contributed by atoms with Gasteiger partial charge in [-0.05, 0) is 86.4 Å². The van der Waals surface area contributed by atoms with E-state index in [-0.39, 0.29) is 27.9 Å². The average molecular weight is 468 g/mol. The third-order valence-corrected chi connectivity index (χ3v) is 15.4. The third kappa shape index (κ3) is 3.76. The maximum atomic E-state index is 11.8. The van der Waals surface area contributed by atoms with Gasteiger partial charge in [0.2, 0.25) is 0 Å². The summed E-state index contributed by atoms with van der Waals surface area (Å²) < 4.78 is 19.2. The van der Waals surface area contributed by atoms with Gasteiger partial charge >= 0.3 is 0 Å². The van der Waals surface area contributed by atoms with Crippen molar-refractivity contribution in [2.24, 2.45) is 34.3 Å². The van der Waals surface area contributed by atoms with Gasteiger partial charge < -0.3 is 24.7 Å². The highest BCUT2D eigenvalue weighted by molar-refractivity contribution is 6.74. The largest absolute Gasteiger partial charge is 0.414 e. The van der Waals surface area contributed by atoms with Gasteiger partial charge in [0.05, 0.1) is 19.3 Å². The molecule has 1 unspecified atom stereocenters. The molecule has 1 saturated heterocycles. The molecule has 3 saturated carbocycles. The van der Waals surface area contributed by atoms with Gasteiger partial charge in [-0.2, -0.15) is 0 Å². The Hall–Kier alpha value is 0.0169. The van der Waals surface area contributed by atoms with Crippen LogP contribution in [0.1, 0.15) is 79.6 Å². The Kier molecular flexibility index (Phi) is 6.52. The highest BCUT2D eigenvalue weighted by Gasteiger charge is 2.66. The lowest BCUT2D eigenvalue weighted by Gasteiger charge is -2.57. The Morgan fingerprint density at radius 2 is 1.62 bits per heavy atom. The van der Waals surface area contributed by atoms with E-state index in [4.69, 9.17) is 19.6 Å². The molecule has 1 heterocycles. The number of nitrogens with two attached hydrogens (primary N) is 1. The maximum Gasteiger partial charge on any atom is 0.192 e. The van der Waals surface area contributed by atoms with E-state index in [1.54, 1.807) is 0 Å². The average Bonchev–Trinajstić information content (AvgIpc) is 3.29. The van der Waals surface area contributed by atoms with E-state index in [9.17, 15) is 5.11 Å². The van der Waals surface area contributed by atoms with Crippen molar-refractivity contribution >= 4 is 8.32 Å². The van der Waals surface area contributed by atoms with E-state index in [0.717, 1.165) is 44.9 Å². The molecule has 0 radical (unpaired) electrons. The summed E-state index contributed by atoms with van der Waals surface area (Å²) in [4.78, 5) is 0. The molecule has 1 aliphatic heterocycles. The number of fused-ring (bicyclic) bond motifs is 2. The lowest BCUT2D eigenvalue weighted by atomic mass is 9.51. The van der Waals surface area contributed by atoms with E-state index in [1.165, 1.54) is 0 Å². The van der Waals surface area contributed by atoms with E-state index in [2.05, 4.69) is 47.7 Å². The first-order valence-corrected chi connectivity index (χ1v) is 16.0. The van der Waals surface area contributed by atoms with Crippen molar-refractivity contribution in [3.05, 3.63) is 0 Å². The quantitative estimate of drug-likeness (QED) is 0.565. The number of aliphatic hydroxyl groups excluding tert-OH is 1. The highest BCUT2D eigenvalue weighted by atomic mass is 28.4. The van der Waals surface area contributed by atoms with Gasteiger partial charge in [-0.3, -0.25) is 0 Å². The monoisotopic (exact) mass is 467 g/mol. The second-order valence-electron chi connectivity index (χ2n) is 13.4. The van der Waals surface area contributed by atoms with Crippen molar-refractivity contribution in [1.82, 2.24) is 0 Å². The first kappa shape index (κ1) is 25.1. The molecule has 4 aliphatic rings. The zero-order chi connectivity index (χ0) is 23.6. The van der Waals surface area contributed by atoms with Crippen LogP contribution in [0.2, 0.25) is 18.1 Å². The molecule has 5 nitrogen and oxygen atoms in total. The lowest BCUT2D eigenvalue weighted by Crippen LogP contribution is -2.58. The molecule has 0 aromatic heterocycles. The molecule has 0 aromatic rings. The Bertz CT molecular complexity index is 688. The summed E-state index contributed by atoms with van der Waals surface area (Å²) in [6.45, 7) is 18.4. The highest BCUT2D eigenvalue weighted by Crippen LogP contribution is 2.64. The molecule has 3 aliphatic carbocycles. The SMILES string of the molecule is CC(C)(C)[Si](C)(C)OC1CC[C@](C)([C@H]2CC[C@@]3(C)[C@@H](CCC34OCCO4)[C@@H]2O)[C@@H](CN)C1. The van der Waals surface area contributed by atoms with Crippen LogP contribution in [0.3, 0.4) is 0 Å². The fourth-order valence-corrected chi connectivity index (χ4v) is 9.05. The smallest absolute Gasteiger partial charge is 0.192 e. The molecule has 1 spiro atoms. The van der Waals surface area contributed by atoms with Crippen LogP contribution in [0.4, 0.5) is 0 Å². The molecule has 0 amide bonds. The van der Waals surface area contributed by atoms with Gasteiger partial charge in [-0.25, -0.2) is 0 Å². The molecular weight excluding hydrogens is 418 g/mol. The molecule has 0 bridgehead atoms. The first-order valence-electron chi connectivity index (χ1n) is 13.1. The minimum absolute atomic E-state index is 0.0654. The number of aliphatic hydroxyl groups is 1. The molecule has 186 valence electrons. The summed E-state index contributed by atoms with van der Waals surface area (Å²) in [5.41, 5.74) is 6.38. The summed E-state index contributed by atoms with van der Waals surface area (Å²) in [5.74, 6) is 0.464. The first-order chi connectivity index (χ1) is 14.8. The lowest BCUT2D eigenvalue weighted by molar-refractivity contribution is -0.249. The number of ether oxygens (including phenoxy) is 2. The van der Waals surface area contributed by atoms with Gasteiger partial charge in [0, 0.05) is 17.9 Å². The molecule has 6 heteroatoms. The maximum absolute atomic E-state index is 11.8. The van der Waals surface area contributed by atoms with Crippen LogP contribution in [0.5, 0.6) is 0 Å². The molecule has 32 heavy (non-hydrogen) atoms. The van der Waals surface area contributed by atoms with Crippen molar-refractivity contribution in [2.75, 3.05) is 19.8 Å². The predicted octanol–water partition coefficient (Wildman–Crippen LogP) is 5.07.